The van der Waals surface area contributed by atoms with Crippen LogP contribution in [0.1, 0.15) is 32.1 Å². The monoisotopic (exact) mass is 224 g/mol. The zero-order valence-corrected chi connectivity index (χ0v) is 10.6. The van der Waals surface area contributed by atoms with Gasteiger partial charge >= 0.3 is 0 Å². The second-order valence-electron chi connectivity index (χ2n) is 5.62. The molecule has 3 nitrogen and oxygen atoms in total. The molecule has 1 atom stereocenters. The molecule has 0 radical (unpaired) electrons. The molecule has 0 aromatic rings. The maximum absolute atomic E-state index is 11.7. The molecule has 2 fully saturated rings. The van der Waals surface area contributed by atoms with Crippen molar-refractivity contribution in [1.29, 1.82) is 0 Å². The van der Waals surface area contributed by atoms with Crippen molar-refractivity contribution >= 4 is 5.78 Å². The van der Waals surface area contributed by atoms with Crippen molar-refractivity contribution in [2.75, 3.05) is 33.7 Å². The third kappa shape index (κ3) is 2.83. The van der Waals surface area contributed by atoms with Crippen molar-refractivity contribution in [3.05, 3.63) is 0 Å². The summed E-state index contributed by atoms with van der Waals surface area (Å²) in [4.78, 5) is 16.4. The number of rotatable bonds is 3. The van der Waals surface area contributed by atoms with Crippen LogP contribution in [0.15, 0.2) is 0 Å². The van der Waals surface area contributed by atoms with Gasteiger partial charge in [-0.3, -0.25) is 9.69 Å². The van der Waals surface area contributed by atoms with Gasteiger partial charge in [-0.25, -0.2) is 0 Å². The van der Waals surface area contributed by atoms with Gasteiger partial charge in [0.05, 0.1) is 6.04 Å². The molecule has 1 aliphatic heterocycles. The van der Waals surface area contributed by atoms with Crippen LogP contribution >= 0.6 is 0 Å². The van der Waals surface area contributed by atoms with E-state index in [1.807, 2.05) is 0 Å². The molecule has 0 aromatic heterocycles. The molecule has 1 aliphatic carbocycles. The molecule has 2 rings (SSSR count). The van der Waals surface area contributed by atoms with Crippen LogP contribution in [-0.2, 0) is 4.79 Å². The van der Waals surface area contributed by atoms with Gasteiger partial charge in [0.1, 0.15) is 5.78 Å². The second kappa shape index (κ2) is 5.28. The summed E-state index contributed by atoms with van der Waals surface area (Å²) in [6.07, 6.45) is 5.57. The van der Waals surface area contributed by atoms with Crippen LogP contribution in [0.2, 0.25) is 0 Å². The molecule has 0 aromatic carbocycles. The van der Waals surface area contributed by atoms with Crippen molar-refractivity contribution in [2.24, 2.45) is 5.92 Å². The predicted octanol–water partition coefficient (Wildman–Crippen LogP) is 1.38. The lowest BCUT2D eigenvalue weighted by Crippen LogP contribution is -2.44. The number of Topliss-reactive ketones (excluding diaryl/α,β-unsaturated/α-hetero) is 1. The van der Waals surface area contributed by atoms with Gasteiger partial charge in [0.2, 0.25) is 0 Å². The number of nitrogens with zero attached hydrogens (tertiary/aromatic N) is 2. The Bertz CT molecular complexity index is 244. The van der Waals surface area contributed by atoms with Gasteiger partial charge in [0.25, 0.3) is 0 Å². The maximum Gasteiger partial charge on any atom is 0.149 e. The fraction of sp³-hybridized carbons (Fsp3) is 0.923. The highest BCUT2D eigenvalue weighted by molar-refractivity contribution is 5.85. The first-order valence-corrected chi connectivity index (χ1v) is 6.58. The minimum absolute atomic E-state index is 0.278. The van der Waals surface area contributed by atoms with E-state index in [-0.39, 0.29) is 6.04 Å². The number of ketones is 1. The van der Waals surface area contributed by atoms with Gasteiger partial charge in [-0.05, 0) is 58.8 Å². The van der Waals surface area contributed by atoms with E-state index in [1.54, 1.807) is 0 Å². The average molecular weight is 224 g/mol. The number of carbonyl (C=O) groups excluding carboxylic acids is 1. The Labute approximate surface area is 98.8 Å². The van der Waals surface area contributed by atoms with Crippen LogP contribution in [0.25, 0.3) is 0 Å². The van der Waals surface area contributed by atoms with Gasteiger partial charge in [-0.15, -0.1) is 0 Å². The van der Waals surface area contributed by atoms with Crippen LogP contribution in [-0.4, -0.2) is 55.4 Å². The van der Waals surface area contributed by atoms with Gasteiger partial charge in [0, 0.05) is 13.0 Å². The quantitative estimate of drug-likeness (QED) is 0.723. The lowest BCUT2D eigenvalue weighted by molar-refractivity contribution is -0.122. The van der Waals surface area contributed by atoms with Crippen LogP contribution in [0.5, 0.6) is 0 Å². The third-order valence-electron chi connectivity index (χ3n) is 3.99. The molecule has 2 aliphatic rings. The molecule has 16 heavy (non-hydrogen) atoms. The van der Waals surface area contributed by atoms with E-state index in [0.29, 0.717) is 5.78 Å². The summed E-state index contributed by atoms with van der Waals surface area (Å²) in [5.41, 5.74) is 0. The second-order valence-corrected chi connectivity index (χ2v) is 5.62. The zero-order valence-electron chi connectivity index (χ0n) is 10.6. The Kier molecular flexibility index (Phi) is 3.98. The Balaban J connectivity index is 1.78. The van der Waals surface area contributed by atoms with E-state index in [4.69, 9.17) is 0 Å². The predicted molar refractivity (Wildman–Crippen MR) is 65.5 cm³/mol. The maximum atomic E-state index is 11.7. The van der Waals surface area contributed by atoms with E-state index in [9.17, 15) is 4.79 Å². The molecule has 1 saturated heterocycles. The molecule has 0 spiro atoms. The number of piperidine rings is 1. The summed E-state index contributed by atoms with van der Waals surface area (Å²) in [5, 5.41) is 0. The summed E-state index contributed by atoms with van der Waals surface area (Å²) in [6, 6.07) is 0.278. The molecule has 1 heterocycles. The normalized spacial score (nSPS) is 29.2. The van der Waals surface area contributed by atoms with Crippen LogP contribution < -0.4 is 0 Å². The topological polar surface area (TPSA) is 23.6 Å². The Morgan fingerprint density at radius 2 is 1.94 bits per heavy atom. The molecule has 0 N–H and O–H groups in total. The van der Waals surface area contributed by atoms with Gasteiger partial charge in [-0.1, -0.05) is 0 Å². The summed E-state index contributed by atoms with van der Waals surface area (Å²) in [6.45, 7) is 3.47. The van der Waals surface area contributed by atoms with Gasteiger partial charge in [-0.2, -0.15) is 0 Å². The number of likely N-dealkylation sites (tertiary alicyclic amines) is 1. The van der Waals surface area contributed by atoms with Crippen molar-refractivity contribution in [3.63, 3.8) is 0 Å². The SMILES string of the molecule is CN(C)CC1CCN(C2CCCC2=O)CC1. The lowest BCUT2D eigenvalue weighted by Gasteiger charge is -2.36. The largest absolute Gasteiger partial charge is 0.309 e. The van der Waals surface area contributed by atoms with Gasteiger partial charge < -0.3 is 4.90 Å². The molecular formula is C13H24N2O. The van der Waals surface area contributed by atoms with Crippen molar-refractivity contribution in [2.45, 2.75) is 38.1 Å². The van der Waals surface area contributed by atoms with Gasteiger partial charge in [0.15, 0.2) is 0 Å². The number of hydrogen-bond acceptors (Lipinski definition) is 3. The van der Waals surface area contributed by atoms with Crippen LogP contribution in [0.4, 0.5) is 0 Å². The van der Waals surface area contributed by atoms with Crippen molar-refractivity contribution in [3.8, 4) is 0 Å². The molecule has 3 heteroatoms. The molecule has 1 unspecified atom stereocenters. The highest BCUT2D eigenvalue weighted by atomic mass is 16.1. The smallest absolute Gasteiger partial charge is 0.149 e. The first kappa shape index (κ1) is 12.1. The van der Waals surface area contributed by atoms with E-state index < -0.39 is 0 Å². The minimum Gasteiger partial charge on any atom is -0.309 e. The molecule has 0 bridgehead atoms. The molecular weight excluding hydrogens is 200 g/mol. The zero-order chi connectivity index (χ0) is 11.5. The highest BCUT2D eigenvalue weighted by Crippen LogP contribution is 2.25. The standard InChI is InChI=1S/C13H24N2O/c1-14(2)10-11-6-8-15(9-7-11)12-4-3-5-13(12)16/h11-12H,3-10H2,1-2H3. The summed E-state index contributed by atoms with van der Waals surface area (Å²) < 4.78 is 0. The van der Waals surface area contributed by atoms with Crippen molar-refractivity contribution in [1.82, 2.24) is 9.80 Å². The first-order chi connectivity index (χ1) is 7.66. The highest BCUT2D eigenvalue weighted by Gasteiger charge is 2.32. The molecule has 0 amide bonds. The fourth-order valence-electron chi connectivity index (χ4n) is 3.15. The number of carbonyl (C=O) groups is 1. The Morgan fingerprint density at radius 1 is 1.25 bits per heavy atom. The van der Waals surface area contributed by atoms with E-state index in [2.05, 4.69) is 23.9 Å². The van der Waals surface area contributed by atoms with E-state index >= 15 is 0 Å². The summed E-state index contributed by atoms with van der Waals surface area (Å²) in [5.74, 6) is 1.33. The lowest BCUT2D eigenvalue weighted by atomic mass is 9.95. The van der Waals surface area contributed by atoms with Crippen molar-refractivity contribution < 1.29 is 4.79 Å². The minimum atomic E-state index is 0.278. The Morgan fingerprint density at radius 3 is 2.44 bits per heavy atom. The van der Waals surface area contributed by atoms with Crippen LogP contribution in [0.3, 0.4) is 0 Å². The van der Waals surface area contributed by atoms with E-state index in [1.165, 1.54) is 19.4 Å². The first-order valence-electron chi connectivity index (χ1n) is 6.58. The third-order valence-corrected chi connectivity index (χ3v) is 3.99. The average Bonchev–Trinajstić information content (AvgIpc) is 2.65. The Hall–Kier alpha value is -0.410. The summed E-state index contributed by atoms with van der Waals surface area (Å²) in [7, 11) is 4.29. The summed E-state index contributed by atoms with van der Waals surface area (Å²) >= 11 is 0. The number of hydrogen-bond donors (Lipinski definition) is 0. The molecule has 1 saturated carbocycles. The van der Waals surface area contributed by atoms with Crippen LogP contribution in [0, 0.1) is 5.92 Å². The molecule has 92 valence electrons. The van der Waals surface area contributed by atoms with E-state index in [0.717, 1.165) is 38.3 Å². The fourth-order valence-corrected chi connectivity index (χ4v) is 3.15.